The van der Waals surface area contributed by atoms with Gasteiger partial charge in [-0.3, -0.25) is 0 Å². The van der Waals surface area contributed by atoms with Gasteiger partial charge in [0.2, 0.25) is 0 Å². The first-order valence-electron chi connectivity index (χ1n) is 5.07. The third-order valence-corrected chi connectivity index (χ3v) is 3.11. The molecule has 0 aliphatic heterocycles. The average Bonchev–Trinajstić information content (AvgIpc) is 2.29. The summed E-state index contributed by atoms with van der Waals surface area (Å²) in [6.45, 7) is 0. The molecule has 0 radical (unpaired) electrons. The van der Waals surface area contributed by atoms with Crippen molar-refractivity contribution in [3.05, 3.63) is 29.8 Å². The minimum atomic E-state index is -0.896. The number of unbranched alkanes of at least 4 members (excludes halogenated alkanes) is 2. The molecule has 3 nitrogen and oxygen atoms in total. The second kappa shape index (κ2) is 6.91. The Morgan fingerprint density at radius 3 is 2.94 bits per heavy atom. The van der Waals surface area contributed by atoms with E-state index in [1.807, 2.05) is 6.07 Å². The first kappa shape index (κ1) is 12.6. The number of carboxylic acids is 1. The number of aromatic carboxylic acids is 1. The van der Waals surface area contributed by atoms with Crippen LogP contribution in [0.4, 0.5) is 0 Å². The number of benzene rings is 1. The van der Waals surface area contributed by atoms with Crippen LogP contribution in [-0.4, -0.2) is 16.8 Å². The molecule has 0 amide bonds. The van der Waals surface area contributed by atoms with Crippen molar-refractivity contribution in [1.82, 2.24) is 0 Å². The van der Waals surface area contributed by atoms with Crippen LogP contribution < -0.4 is 0 Å². The highest BCUT2D eigenvalue weighted by Gasteiger charge is 2.02. The van der Waals surface area contributed by atoms with E-state index >= 15 is 0 Å². The van der Waals surface area contributed by atoms with Crippen LogP contribution in [0.2, 0.25) is 0 Å². The molecule has 4 heteroatoms. The molecule has 0 fully saturated rings. The number of thioether (sulfide) groups is 1. The Bertz CT molecular complexity index is 398. The van der Waals surface area contributed by atoms with Crippen molar-refractivity contribution in [2.24, 2.45) is 0 Å². The summed E-state index contributed by atoms with van der Waals surface area (Å²) in [5.41, 5.74) is 0.321. The smallest absolute Gasteiger partial charge is 0.335 e. The highest BCUT2D eigenvalue weighted by atomic mass is 32.2. The molecule has 1 rings (SSSR count). The highest BCUT2D eigenvalue weighted by molar-refractivity contribution is 7.99. The number of carbonyl (C=O) groups is 1. The number of hydrogen-bond donors (Lipinski definition) is 1. The Kier molecular flexibility index (Phi) is 5.44. The van der Waals surface area contributed by atoms with Gasteiger partial charge in [0.1, 0.15) is 0 Å². The van der Waals surface area contributed by atoms with Crippen molar-refractivity contribution in [3.63, 3.8) is 0 Å². The monoisotopic (exact) mass is 235 g/mol. The van der Waals surface area contributed by atoms with Crippen molar-refractivity contribution in [1.29, 1.82) is 5.26 Å². The molecule has 0 bridgehead atoms. The minimum absolute atomic E-state index is 0.321. The maximum Gasteiger partial charge on any atom is 0.335 e. The number of carboxylic acid groups (broad SMARTS) is 1. The largest absolute Gasteiger partial charge is 0.478 e. The van der Waals surface area contributed by atoms with Crippen LogP contribution >= 0.6 is 11.8 Å². The van der Waals surface area contributed by atoms with E-state index in [1.54, 1.807) is 30.0 Å². The molecule has 0 aromatic heterocycles. The van der Waals surface area contributed by atoms with Gasteiger partial charge < -0.3 is 5.11 Å². The molecule has 1 N–H and O–H groups in total. The van der Waals surface area contributed by atoms with Gasteiger partial charge >= 0.3 is 5.97 Å². The third kappa shape index (κ3) is 4.37. The third-order valence-electron chi connectivity index (χ3n) is 2.03. The normalized spacial score (nSPS) is 9.69. The van der Waals surface area contributed by atoms with Crippen LogP contribution in [0, 0.1) is 11.3 Å². The van der Waals surface area contributed by atoms with Crippen molar-refractivity contribution >= 4 is 17.7 Å². The predicted molar refractivity (Wildman–Crippen MR) is 63.6 cm³/mol. The van der Waals surface area contributed by atoms with Gasteiger partial charge in [-0.15, -0.1) is 11.8 Å². The number of nitriles is 1. The van der Waals surface area contributed by atoms with Crippen LogP contribution in [0.25, 0.3) is 0 Å². The maximum atomic E-state index is 10.7. The molecule has 1 aromatic carbocycles. The zero-order valence-corrected chi connectivity index (χ0v) is 9.67. The summed E-state index contributed by atoms with van der Waals surface area (Å²) in [7, 11) is 0. The van der Waals surface area contributed by atoms with Crippen LogP contribution in [0.15, 0.2) is 29.2 Å². The molecule has 1 aromatic rings. The number of rotatable bonds is 6. The second-order valence-electron chi connectivity index (χ2n) is 3.30. The molecule has 0 spiro atoms. The van der Waals surface area contributed by atoms with Crippen molar-refractivity contribution in [3.8, 4) is 6.07 Å². The van der Waals surface area contributed by atoms with E-state index < -0.39 is 5.97 Å². The van der Waals surface area contributed by atoms with E-state index in [-0.39, 0.29) is 0 Å². The second-order valence-corrected chi connectivity index (χ2v) is 4.46. The fourth-order valence-corrected chi connectivity index (χ4v) is 2.18. The lowest BCUT2D eigenvalue weighted by atomic mass is 10.2. The fourth-order valence-electron chi connectivity index (χ4n) is 1.22. The molecule has 0 heterocycles. The van der Waals surface area contributed by atoms with Crippen molar-refractivity contribution in [2.45, 2.75) is 24.2 Å². The average molecular weight is 235 g/mol. The van der Waals surface area contributed by atoms with Gasteiger partial charge in [-0.05, 0) is 36.8 Å². The van der Waals surface area contributed by atoms with Crippen LogP contribution in [0.5, 0.6) is 0 Å². The lowest BCUT2D eigenvalue weighted by Gasteiger charge is -2.01. The van der Waals surface area contributed by atoms with E-state index in [9.17, 15) is 4.79 Å². The summed E-state index contributed by atoms with van der Waals surface area (Å²) < 4.78 is 0. The van der Waals surface area contributed by atoms with Gasteiger partial charge in [-0.1, -0.05) is 6.07 Å². The number of hydrogen-bond acceptors (Lipinski definition) is 3. The molecule has 0 aliphatic rings. The molecule has 16 heavy (non-hydrogen) atoms. The van der Waals surface area contributed by atoms with Gasteiger partial charge in [0.15, 0.2) is 0 Å². The predicted octanol–water partition coefficient (Wildman–Crippen LogP) is 3.17. The molecule has 0 unspecified atom stereocenters. The fraction of sp³-hybridized carbons (Fsp3) is 0.333. The van der Waals surface area contributed by atoms with Gasteiger partial charge in [0, 0.05) is 11.3 Å². The van der Waals surface area contributed by atoms with Crippen molar-refractivity contribution < 1.29 is 9.90 Å². The summed E-state index contributed by atoms with van der Waals surface area (Å²) in [5.74, 6) is 0.0250. The molecule has 0 saturated heterocycles. The van der Waals surface area contributed by atoms with Gasteiger partial charge in [0.05, 0.1) is 11.6 Å². The van der Waals surface area contributed by atoms with Crippen LogP contribution in [-0.2, 0) is 0 Å². The van der Waals surface area contributed by atoms with E-state index in [1.165, 1.54) is 0 Å². The SMILES string of the molecule is N#CCCCCSc1cccc(C(=O)O)c1. The molecular weight excluding hydrogens is 222 g/mol. The summed E-state index contributed by atoms with van der Waals surface area (Å²) >= 11 is 1.63. The zero-order valence-electron chi connectivity index (χ0n) is 8.85. The molecular formula is C12H13NO2S. The lowest BCUT2D eigenvalue weighted by molar-refractivity contribution is 0.0696. The van der Waals surface area contributed by atoms with E-state index in [0.717, 1.165) is 23.5 Å². The summed E-state index contributed by atoms with van der Waals surface area (Å²) in [4.78, 5) is 11.7. The lowest BCUT2D eigenvalue weighted by Crippen LogP contribution is -1.95. The standard InChI is InChI=1S/C12H13NO2S/c13-7-2-1-3-8-16-11-6-4-5-10(9-11)12(14)15/h4-6,9H,1-3,8H2,(H,14,15). The zero-order chi connectivity index (χ0) is 11.8. The summed E-state index contributed by atoms with van der Waals surface area (Å²) in [6, 6.07) is 9.02. The summed E-state index contributed by atoms with van der Waals surface area (Å²) in [5, 5.41) is 17.2. The Hall–Kier alpha value is -1.47. The maximum absolute atomic E-state index is 10.7. The van der Waals surface area contributed by atoms with Crippen molar-refractivity contribution in [2.75, 3.05) is 5.75 Å². The Morgan fingerprint density at radius 1 is 1.44 bits per heavy atom. The highest BCUT2D eigenvalue weighted by Crippen LogP contribution is 2.20. The molecule has 0 saturated carbocycles. The van der Waals surface area contributed by atoms with Gasteiger partial charge in [-0.2, -0.15) is 5.26 Å². The minimum Gasteiger partial charge on any atom is -0.478 e. The van der Waals surface area contributed by atoms with Gasteiger partial charge in [0.25, 0.3) is 0 Å². The van der Waals surface area contributed by atoms with E-state index in [0.29, 0.717) is 12.0 Å². The number of nitrogens with zero attached hydrogens (tertiary/aromatic N) is 1. The molecule has 0 atom stereocenters. The Labute approximate surface area is 99.1 Å². The quantitative estimate of drug-likeness (QED) is 0.607. The Balaban J connectivity index is 2.39. The van der Waals surface area contributed by atoms with Crippen LogP contribution in [0.3, 0.4) is 0 Å². The van der Waals surface area contributed by atoms with E-state index in [4.69, 9.17) is 10.4 Å². The first-order valence-corrected chi connectivity index (χ1v) is 6.05. The van der Waals surface area contributed by atoms with Crippen LogP contribution in [0.1, 0.15) is 29.6 Å². The molecule has 0 aliphatic carbocycles. The topological polar surface area (TPSA) is 61.1 Å². The first-order chi connectivity index (χ1) is 7.74. The molecule has 84 valence electrons. The van der Waals surface area contributed by atoms with Gasteiger partial charge in [-0.25, -0.2) is 4.79 Å². The Morgan fingerprint density at radius 2 is 2.25 bits per heavy atom. The van der Waals surface area contributed by atoms with E-state index in [2.05, 4.69) is 6.07 Å². The summed E-state index contributed by atoms with van der Waals surface area (Å²) in [6.07, 6.45) is 2.48.